The zero-order valence-corrected chi connectivity index (χ0v) is 12.0. The predicted octanol–water partition coefficient (Wildman–Crippen LogP) is 1.17. The first-order chi connectivity index (χ1) is 8.72. The van der Waals surface area contributed by atoms with Gasteiger partial charge in [-0.05, 0) is 25.2 Å². The molecular weight excluding hydrogens is 268 g/mol. The second kappa shape index (κ2) is 7.21. The van der Waals surface area contributed by atoms with Gasteiger partial charge in [-0.2, -0.15) is 0 Å². The van der Waals surface area contributed by atoms with Crippen LogP contribution in [0.4, 0.5) is 0 Å². The third-order valence-electron chi connectivity index (χ3n) is 2.83. The summed E-state index contributed by atoms with van der Waals surface area (Å²) >= 11 is 0. The van der Waals surface area contributed by atoms with Gasteiger partial charge in [-0.25, -0.2) is 0 Å². The molecule has 2 rings (SSSR count). The number of hydrogen-bond donors (Lipinski definition) is 1. The van der Waals surface area contributed by atoms with Crippen molar-refractivity contribution in [2.75, 3.05) is 40.4 Å². The number of carbonyl (C=O) groups excluding carboxylic acids is 1. The standard InChI is InChI=1S/C13H18N2O3.ClH/c1-14-5-6-15(2)13(16)10-3-4-11-12(9-10)18-8-7-17-11;/h3-4,9,14H,5-8H2,1-2H3;1H. The summed E-state index contributed by atoms with van der Waals surface area (Å²) in [6.45, 7) is 2.53. The monoisotopic (exact) mass is 286 g/mol. The molecule has 1 amide bonds. The van der Waals surface area contributed by atoms with Crippen molar-refractivity contribution in [3.63, 3.8) is 0 Å². The Bertz CT molecular complexity index is 440. The second-order valence-corrected chi connectivity index (χ2v) is 4.19. The summed E-state index contributed by atoms with van der Waals surface area (Å²) in [4.78, 5) is 13.8. The van der Waals surface area contributed by atoms with E-state index in [1.807, 2.05) is 7.05 Å². The van der Waals surface area contributed by atoms with E-state index in [2.05, 4.69) is 5.32 Å². The van der Waals surface area contributed by atoms with Crippen molar-refractivity contribution in [1.82, 2.24) is 10.2 Å². The van der Waals surface area contributed by atoms with E-state index in [9.17, 15) is 4.79 Å². The fourth-order valence-electron chi connectivity index (χ4n) is 1.78. The van der Waals surface area contributed by atoms with Gasteiger partial charge in [-0.3, -0.25) is 4.79 Å². The number of benzene rings is 1. The Morgan fingerprint density at radius 2 is 2.00 bits per heavy atom. The molecule has 1 aromatic carbocycles. The molecule has 6 heteroatoms. The summed E-state index contributed by atoms with van der Waals surface area (Å²) in [5.41, 5.74) is 0.623. The summed E-state index contributed by atoms with van der Waals surface area (Å²) in [6.07, 6.45) is 0. The molecule has 1 aliphatic heterocycles. The van der Waals surface area contributed by atoms with Gasteiger partial charge < -0.3 is 19.7 Å². The minimum atomic E-state index is -0.0118. The molecule has 1 heterocycles. The molecule has 0 aromatic heterocycles. The van der Waals surface area contributed by atoms with E-state index in [0.29, 0.717) is 36.8 Å². The highest BCUT2D eigenvalue weighted by atomic mass is 35.5. The summed E-state index contributed by atoms with van der Waals surface area (Å²) in [6, 6.07) is 5.30. The van der Waals surface area contributed by atoms with Gasteiger partial charge in [0.25, 0.3) is 5.91 Å². The smallest absolute Gasteiger partial charge is 0.253 e. The van der Waals surface area contributed by atoms with Gasteiger partial charge in [0.05, 0.1) is 0 Å². The number of amides is 1. The highest BCUT2D eigenvalue weighted by molar-refractivity contribution is 5.94. The maximum Gasteiger partial charge on any atom is 0.253 e. The van der Waals surface area contributed by atoms with E-state index >= 15 is 0 Å². The Hall–Kier alpha value is -1.46. The number of carbonyl (C=O) groups is 1. The number of nitrogens with one attached hydrogen (secondary N) is 1. The molecule has 0 fully saturated rings. The van der Waals surface area contributed by atoms with Gasteiger partial charge in [0, 0.05) is 25.7 Å². The molecule has 0 bridgehead atoms. The Morgan fingerprint density at radius 3 is 2.68 bits per heavy atom. The molecule has 0 spiro atoms. The van der Waals surface area contributed by atoms with E-state index < -0.39 is 0 Å². The predicted molar refractivity (Wildman–Crippen MR) is 75.6 cm³/mol. The van der Waals surface area contributed by atoms with Crippen molar-refractivity contribution in [3.8, 4) is 11.5 Å². The van der Waals surface area contributed by atoms with Crippen molar-refractivity contribution in [1.29, 1.82) is 0 Å². The highest BCUT2D eigenvalue weighted by Crippen LogP contribution is 2.30. The van der Waals surface area contributed by atoms with Gasteiger partial charge in [0.1, 0.15) is 13.2 Å². The molecule has 106 valence electrons. The quantitative estimate of drug-likeness (QED) is 0.903. The van der Waals surface area contributed by atoms with E-state index in [-0.39, 0.29) is 18.3 Å². The van der Waals surface area contributed by atoms with Gasteiger partial charge in [-0.1, -0.05) is 0 Å². The van der Waals surface area contributed by atoms with Crippen LogP contribution in [0.1, 0.15) is 10.4 Å². The van der Waals surface area contributed by atoms with Crippen LogP contribution in [0.15, 0.2) is 18.2 Å². The molecule has 5 nitrogen and oxygen atoms in total. The maximum absolute atomic E-state index is 12.1. The molecule has 19 heavy (non-hydrogen) atoms. The lowest BCUT2D eigenvalue weighted by Crippen LogP contribution is -2.32. The molecule has 1 aromatic rings. The molecule has 0 unspecified atom stereocenters. The van der Waals surface area contributed by atoms with E-state index in [4.69, 9.17) is 9.47 Å². The lowest BCUT2D eigenvalue weighted by Gasteiger charge is -2.21. The third kappa shape index (κ3) is 3.75. The van der Waals surface area contributed by atoms with E-state index in [1.54, 1.807) is 30.1 Å². The topological polar surface area (TPSA) is 50.8 Å². The molecule has 0 atom stereocenters. The lowest BCUT2D eigenvalue weighted by atomic mass is 10.1. The number of ether oxygens (including phenoxy) is 2. The molecule has 0 aliphatic carbocycles. The first-order valence-corrected chi connectivity index (χ1v) is 6.02. The third-order valence-corrected chi connectivity index (χ3v) is 2.83. The Balaban J connectivity index is 0.00000180. The highest BCUT2D eigenvalue weighted by Gasteiger charge is 2.16. The minimum absolute atomic E-state index is 0. The molecule has 0 saturated carbocycles. The van der Waals surface area contributed by atoms with E-state index in [0.717, 1.165) is 6.54 Å². The van der Waals surface area contributed by atoms with Gasteiger partial charge in [0.15, 0.2) is 11.5 Å². The Morgan fingerprint density at radius 1 is 1.32 bits per heavy atom. The number of halogens is 1. The van der Waals surface area contributed by atoms with Crippen molar-refractivity contribution in [2.45, 2.75) is 0 Å². The van der Waals surface area contributed by atoms with Gasteiger partial charge in [-0.15, -0.1) is 12.4 Å². The minimum Gasteiger partial charge on any atom is -0.486 e. The number of rotatable bonds is 4. The van der Waals surface area contributed by atoms with Crippen molar-refractivity contribution in [2.24, 2.45) is 0 Å². The van der Waals surface area contributed by atoms with Crippen LogP contribution in [0.5, 0.6) is 11.5 Å². The fraction of sp³-hybridized carbons (Fsp3) is 0.462. The number of hydrogen-bond acceptors (Lipinski definition) is 4. The average Bonchev–Trinajstić information content (AvgIpc) is 2.43. The summed E-state index contributed by atoms with van der Waals surface area (Å²) in [7, 11) is 3.65. The van der Waals surface area contributed by atoms with Crippen LogP contribution in [-0.4, -0.2) is 51.2 Å². The van der Waals surface area contributed by atoms with Crippen LogP contribution >= 0.6 is 12.4 Å². The van der Waals surface area contributed by atoms with Crippen LogP contribution in [0.25, 0.3) is 0 Å². The van der Waals surface area contributed by atoms with Crippen LogP contribution in [0, 0.1) is 0 Å². The van der Waals surface area contributed by atoms with Gasteiger partial charge >= 0.3 is 0 Å². The molecule has 1 N–H and O–H groups in total. The zero-order chi connectivity index (χ0) is 13.0. The number of nitrogens with zero attached hydrogens (tertiary/aromatic N) is 1. The van der Waals surface area contributed by atoms with Crippen LogP contribution in [-0.2, 0) is 0 Å². The second-order valence-electron chi connectivity index (χ2n) is 4.19. The summed E-state index contributed by atoms with van der Waals surface area (Å²) < 4.78 is 10.9. The number of fused-ring (bicyclic) bond motifs is 1. The fourth-order valence-corrected chi connectivity index (χ4v) is 1.78. The van der Waals surface area contributed by atoms with Crippen molar-refractivity contribution in [3.05, 3.63) is 23.8 Å². The van der Waals surface area contributed by atoms with Crippen LogP contribution in [0.2, 0.25) is 0 Å². The normalized spacial score (nSPS) is 12.5. The molecular formula is C13H19ClN2O3. The van der Waals surface area contributed by atoms with E-state index in [1.165, 1.54) is 0 Å². The summed E-state index contributed by atoms with van der Waals surface area (Å²) in [5.74, 6) is 1.34. The Labute approximate surface area is 119 Å². The van der Waals surface area contributed by atoms with Crippen molar-refractivity contribution >= 4 is 18.3 Å². The Kier molecular flexibility index (Phi) is 5.92. The maximum atomic E-state index is 12.1. The molecule has 0 radical (unpaired) electrons. The SMILES string of the molecule is CNCCN(C)C(=O)c1ccc2c(c1)OCCO2.Cl. The first-order valence-electron chi connectivity index (χ1n) is 6.02. The molecule has 1 aliphatic rings. The van der Waals surface area contributed by atoms with Crippen LogP contribution < -0.4 is 14.8 Å². The number of likely N-dealkylation sites (N-methyl/N-ethyl adjacent to an activating group) is 2. The lowest BCUT2D eigenvalue weighted by molar-refractivity contribution is 0.0795. The van der Waals surface area contributed by atoms with Crippen LogP contribution in [0.3, 0.4) is 0 Å². The summed E-state index contributed by atoms with van der Waals surface area (Å²) in [5, 5.41) is 3.02. The average molecular weight is 287 g/mol. The molecule has 0 saturated heterocycles. The zero-order valence-electron chi connectivity index (χ0n) is 11.1. The first kappa shape index (κ1) is 15.6. The van der Waals surface area contributed by atoms with Crippen molar-refractivity contribution < 1.29 is 14.3 Å². The van der Waals surface area contributed by atoms with Gasteiger partial charge in [0.2, 0.25) is 0 Å². The largest absolute Gasteiger partial charge is 0.486 e.